The predicted molar refractivity (Wildman–Crippen MR) is 119 cm³/mol. The molecule has 4 rings (SSSR count). The molecule has 2 aromatic rings. The lowest BCUT2D eigenvalue weighted by Gasteiger charge is -2.45. The number of nitrogens with zero attached hydrogens (tertiary/aromatic N) is 3. The molecule has 1 saturated heterocycles. The summed E-state index contributed by atoms with van der Waals surface area (Å²) >= 11 is 1.88. The van der Waals surface area contributed by atoms with Crippen molar-refractivity contribution in [2.45, 2.75) is 78.4 Å². The van der Waals surface area contributed by atoms with Gasteiger partial charge < -0.3 is 5.11 Å². The monoisotopic (exact) mass is 423 g/mol. The summed E-state index contributed by atoms with van der Waals surface area (Å²) in [6, 6.07) is 2.38. The number of hydrogen-bond donors (Lipinski definition) is 1. The molecule has 2 aliphatic rings. The zero-order chi connectivity index (χ0) is 19.4. The van der Waals surface area contributed by atoms with Gasteiger partial charge in [0.25, 0.3) is 0 Å². The second-order valence-electron chi connectivity index (χ2n) is 10.1. The van der Waals surface area contributed by atoms with E-state index in [-0.39, 0.29) is 12.4 Å². The minimum Gasteiger partial charge on any atom is -0.390 e. The zero-order valence-electron chi connectivity index (χ0n) is 17.8. The van der Waals surface area contributed by atoms with Gasteiger partial charge in [-0.05, 0) is 63.9 Å². The van der Waals surface area contributed by atoms with Gasteiger partial charge in [-0.25, -0.2) is 9.97 Å². The van der Waals surface area contributed by atoms with Gasteiger partial charge in [-0.1, -0.05) is 13.8 Å². The molecule has 2 aromatic heterocycles. The van der Waals surface area contributed by atoms with Crippen LogP contribution in [0.5, 0.6) is 0 Å². The number of thiophene rings is 1. The van der Waals surface area contributed by atoms with Crippen molar-refractivity contribution >= 4 is 34.0 Å². The maximum absolute atomic E-state index is 10.2. The van der Waals surface area contributed by atoms with Crippen LogP contribution in [0.15, 0.2) is 6.07 Å². The highest BCUT2D eigenvalue weighted by molar-refractivity contribution is 7.18. The van der Waals surface area contributed by atoms with Crippen molar-refractivity contribution in [3.8, 4) is 0 Å². The van der Waals surface area contributed by atoms with Crippen LogP contribution in [-0.4, -0.2) is 38.7 Å². The van der Waals surface area contributed by atoms with E-state index in [0.29, 0.717) is 17.3 Å². The van der Waals surface area contributed by atoms with E-state index in [0.717, 1.165) is 36.0 Å². The molecule has 0 radical (unpaired) electrons. The topological polar surface area (TPSA) is 49.2 Å². The highest BCUT2D eigenvalue weighted by Gasteiger charge is 2.37. The fourth-order valence-electron chi connectivity index (χ4n) is 4.48. The summed E-state index contributed by atoms with van der Waals surface area (Å²) in [5.74, 6) is 1.92. The molecule has 0 atom stereocenters. The summed E-state index contributed by atoms with van der Waals surface area (Å²) in [5, 5.41) is 11.4. The average molecular weight is 424 g/mol. The number of aliphatic hydroxyl groups is 1. The van der Waals surface area contributed by atoms with E-state index in [1.807, 2.05) is 32.1 Å². The lowest BCUT2D eigenvalue weighted by atomic mass is 9.73. The van der Waals surface area contributed by atoms with Gasteiger partial charge >= 0.3 is 0 Å². The molecule has 1 saturated carbocycles. The summed E-state index contributed by atoms with van der Waals surface area (Å²) < 4.78 is 0. The molecule has 28 heavy (non-hydrogen) atoms. The van der Waals surface area contributed by atoms with Crippen LogP contribution in [0.1, 0.15) is 75.7 Å². The van der Waals surface area contributed by atoms with Gasteiger partial charge in [-0.3, -0.25) is 4.90 Å². The molecule has 0 spiro atoms. The quantitative estimate of drug-likeness (QED) is 0.724. The Bertz CT molecular complexity index is 826. The molecule has 4 nitrogen and oxygen atoms in total. The van der Waals surface area contributed by atoms with Crippen molar-refractivity contribution in [2.24, 2.45) is 11.3 Å². The van der Waals surface area contributed by atoms with Crippen molar-refractivity contribution in [3.63, 3.8) is 0 Å². The molecule has 0 amide bonds. The highest BCUT2D eigenvalue weighted by atomic mass is 35.5. The van der Waals surface area contributed by atoms with Gasteiger partial charge in [-0.2, -0.15) is 0 Å². The Morgan fingerprint density at radius 3 is 2.46 bits per heavy atom. The van der Waals surface area contributed by atoms with E-state index >= 15 is 0 Å². The van der Waals surface area contributed by atoms with Gasteiger partial charge in [0.2, 0.25) is 0 Å². The molecule has 1 N–H and O–H groups in total. The van der Waals surface area contributed by atoms with Crippen LogP contribution < -0.4 is 0 Å². The first-order valence-electron chi connectivity index (χ1n) is 10.3. The third-order valence-electron chi connectivity index (χ3n) is 6.67. The number of rotatable bonds is 4. The van der Waals surface area contributed by atoms with Crippen LogP contribution in [0.4, 0.5) is 0 Å². The van der Waals surface area contributed by atoms with E-state index in [4.69, 9.17) is 9.97 Å². The van der Waals surface area contributed by atoms with E-state index in [1.165, 1.54) is 35.9 Å². The van der Waals surface area contributed by atoms with Crippen LogP contribution in [0.25, 0.3) is 10.2 Å². The second-order valence-corrected chi connectivity index (χ2v) is 11.1. The van der Waals surface area contributed by atoms with Crippen molar-refractivity contribution < 1.29 is 5.11 Å². The molecule has 1 aliphatic heterocycles. The Hall–Kier alpha value is -0.750. The molecule has 6 heteroatoms. The first-order valence-corrected chi connectivity index (χ1v) is 11.1. The Labute approximate surface area is 179 Å². The number of hydrogen-bond acceptors (Lipinski definition) is 5. The van der Waals surface area contributed by atoms with Gasteiger partial charge in [0.1, 0.15) is 10.7 Å². The minimum absolute atomic E-state index is 0. The first-order chi connectivity index (χ1) is 12.6. The van der Waals surface area contributed by atoms with Crippen molar-refractivity contribution in [1.82, 2.24) is 14.9 Å². The fourth-order valence-corrected chi connectivity index (χ4v) is 5.75. The van der Waals surface area contributed by atoms with Gasteiger partial charge in [0, 0.05) is 35.8 Å². The third-order valence-corrected chi connectivity index (χ3v) is 7.87. The molecule has 2 fully saturated rings. The normalized spacial score (nSPS) is 21.5. The molecule has 156 valence electrons. The number of fused-ring (bicyclic) bond motifs is 1. The van der Waals surface area contributed by atoms with Crippen molar-refractivity contribution in [1.29, 1.82) is 0 Å². The SMILES string of the molecule is Cc1nc(CN2CC(C(C)(C)O)C2)c2cc(C3CCC(C)(C)CC3)sc2n1.Cl. The van der Waals surface area contributed by atoms with Crippen molar-refractivity contribution in [3.05, 3.63) is 22.5 Å². The summed E-state index contributed by atoms with van der Waals surface area (Å²) in [5.41, 5.74) is 1.08. The maximum atomic E-state index is 10.2. The van der Waals surface area contributed by atoms with E-state index < -0.39 is 5.60 Å². The Balaban J connectivity index is 0.00000225. The summed E-state index contributed by atoms with van der Waals surface area (Å²) in [4.78, 5) is 14.6. The third kappa shape index (κ3) is 4.53. The predicted octanol–water partition coefficient (Wildman–Crippen LogP) is 5.31. The van der Waals surface area contributed by atoms with Gasteiger partial charge in [-0.15, -0.1) is 23.7 Å². The summed E-state index contributed by atoms with van der Waals surface area (Å²) in [6.45, 7) is 13.4. The molecular formula is C22H34ClN3OS. The van der Waals surface area contributed by atoms with Crippen LogP contribution in [0.2, 0.25) is 0 Å². The molecular weight excluding hydrogens is 390 g/mol. The second kappa shape index (κ2) is 7.82. The van der Waals surface area contributed by atoms with E-state index in [9.17, 15) is 5.11 Å². The Morgan fingerprint density at radius 1 is 1.21 bits per heavy atom. The number of halogens is 1. The standard InChI is InChI=1S/C22H33N3OS.ClH/c1-14-23-18(13-25-11-16(12-25)22(4,5)26)17-10-19(27-20(17)24-14)15-6-8-21(2,3)9-7-15;/h10,15-16,26H,6-9,11-13H2,1-5H3;1H. The van der Waals surface area contributed by atoms with E-state index in [2.05, 4.69) is 24.8 Å². The molecule has 0 unspecified atom stereocenters. The minimum atomic E-state index is -0.586. The van der Waals surface area contributed by atoms with Crippen molar-refractivity contribution in [2.75, 3.05) is 13.1 Å². The Kier molecular flexibility index (Phi) is 6.13. The van der Waals surface area contributed by atoms with Crippen LogP contribution in [0, 0.1) is 18.3 Å². The zero-order valence-corrected chi connectivity index (χ0v) is 19.4. The van der Waals surface area contributed by atoms with Crippen LogP contribution >= 0.6 is 23.7 Å². The van der Waals surface area contributed by atoms with Crippen LogP contribution in [0.3, 0.4) is 0 Å². The largest absolute Gasteiger partial charge is 0.390 e. The number of likely N-dealkylation sites (tertiary alicyclic amines) is 1. The van der Waals surface area contributed by atoms with Gasteiger partial charge in [0.05, 0.1) is 11.3 Å². The summed E-state index contributed by atoms with van der Waals surface area (Å²) in [6.07, 6.45) is 5.22. The van der Waals surface area contributed by atoms with Crippen LogP contribution in [-0.2, 0) is 6.54 Å². The molecule has 0 bridgehead atoms. The fraction of sp³-hybridized carbons (Fsp3) is 0.727. The highest BCUT2D eigenvalue weighted by Crippen LogP contribution is 2.45. The molecule has 3 heterocycles. The number of aryl methyl sites for hydroxylation is 1. The number of aromatic nitrogens is 2. The smallest absolute Gasteiger partial charge is 0.127 e. The molecule has 0 aromatic carbocycles. The molecule has 1 aliphatic carbocycles. The Morgan fingerprint density at radius 2 is 1.86 bits per heavy atom. The maximum Gasteiger partial charge on any atom is 0.127 e. The summed E-state index contributed by atoms with van der Waals surface area (Å²) in [7, 11) is 0. The first kappa shape index (κ1) is 21.9. The average Bonchev–Trinajstić information content (AvgIpc) is 2.92. The van der Waals surface area contributed by atoms with E-state index in [1.54, 1.807) is 0 Å². The lowest BCUT2D eigenvalue weighted by Crippen LogP contribution is -2.55. The van der Waals surface area contributed by atoms with Gasteiger partial charge in [0.15, 0.2) is 0 Å². The lowest BCUT2D eigenvalue weighted by molar-refractivity contribution is -0.0650.